The van der Waals surface area contributed by atoms with Crippen molar-refractivity contribution in [1.29, 1.82) is 0 Å². The first-order valence-electron chi connectivity index (χ1n) is 5.33. The van der Waals surface area contributed by atoms with E-state index in [9.17, 15) is 21.6 Å². The number of sulfone groups is 1. The number of benzene rings is 1. The van der Waals surface area contributed by atoms with Crippen LogP contribution in [0.4, 0.5) is 13.2 Å². The summed E-state index contributed by atoms with van der Waals surface area (Å²) >= 11 is 5.67. The maximum atomic E-state index is 11.8. The van der Waals surface area contributed by atoms with Gasteiger partial charge in [0.05, 0.1) is 10.6 Å². The van der Waals surface area contributed by atoms with Crippen molar-refractivity contribution in [1.82, 2.24) is 0 Å². The van der Waals surface area contributed by atoms with Crippen molar-refractivity contribution in [3.8, 4) is 0 Å². The number of halogens is 4. The minimum Gasteiger partial charge on any atom is -0.372 e. The Kier molecular flexibility index (Phi) is 5.64. The van der Waals surface area contributed by atoms with E-state index < -0.39 is 22.6 Å². The molecule has 1 aromatic rings. The summed E-state index contributed by atoms with van der Waals surface area (Å²) in [4.78, 5) is 0.0517. The number of ether oxygens (including phenoxy) is 1. The second kappa shape index (κ2) is 6.58. The molecule has 0 bridgehead atoms. The Morgan fingerprint density at radius 3 is 2.53 bits per heavy atom. The van der Waals surface area contributed by atoms with Crippen LogP contribution in [0.2, 0.25) is 5.02 Å². The van der Waals surface area contributed by atoms with Gasteiger partial charge in [0.2, 0.25) is 0 Å². The summed E-state index contributed by atoms with van der Waals surface area (Å²) in [5, 5.41) is 0.286. The second-order valence-electron chi connectivity index (χ2n) is 3.80. The van der Waals surface area contributed by atoms with E-state index in [4.69, 9.17) is 11.6 Å². The molecule has 0 amide bonds. The summed E-state index contributed by atoms with van der Waals surface area (Å²) in [5.41, 5.74) is 0. The average molecular weight is 317 g/mol. The molecule has 0 aliphatic heterocycles. The van der Waals surface area contributed by atoms with Crippen LogP contribution in [0.1, 0.15) is 6.42 Å². The van der Waals surface area contributed by atoms with Gasteiger partial charge in [-0.05, 0) is 24.6 Å². The van der Waals surface area contributed by atoms with E-state index in [0.29, 0.717) is 0 Å². The fourth-order valence-electron chi connectivity index (χ4n) is 1.32. The summed E-state index contributed by atoms with van der Waals surface area (Å²) in [5.74, 6) is -0.287. The van der Waals surface area contributed by atoms with Crippen LogP contribution in [0.3, 0.4) is 0 Å². The molecular formula is C11H12ClF3O3S. The highest BCUT2D eigenvalue weighted by molar-refractivity contribution is 7.91. The molecule has 8 heteroatoms. The molecule has 1 rings (SSSR count). The minimum absolute atomic E-state index is 0.00900. The quantitative estimate of drug-likeness (QED) is 0.758. The van der Waals surface area contributed by atoms with Gasteiger partial charge in [-0.25, -0.2) is 8.42 Å². The zero-order chi connectivity index (χ0) is 14.5. The lowest BCUT2D eigenvalue weighted by atomic mass is 10.4. The van der Waals surface area contributed by atoms with Crippen LogP contribution < -0.4 is 0 Å². The van der Waals surface area contributed by atoms with Gasteiger partial charge < -0.3 is 4.74 Å². The van der Waals surface area contributed by atoms with E-state index >= 15 is 0 Å². The van der Waals surface area contributed by atoms with Gasteiger partial charge in [0.15, 0.2) is 9.84 Å². The molecule has 0 saturated heterocycles. The molecule has 108 valence electrons. The van der Waals surface area contributed by atoms with Crippen molar-refractivity contribution in [2.24, 2.45) is 0 Å². The largest absolute Gasteiger partial charge is 0.411 e. The average Bonchev–Trinajstić information content (AvgIpc) is 2.27. The molecule has 0 radical (unpaired) electrons. The molecule has 0 atom stereocenters. The number of alkyl halides is 3. The third-order valence-corrected chi connectivity index (χ3v) is 4.16. The predicted octanol–water partition coefficient (Wildman–Crippen LogP) is 3.08. The Hall–Kier alpha value is -0.790. The first-order chi connectivity index (χ1) is 8.71. The van der Waals surface area contributed by atoms with E-state index in [-0.39, 0.29) is 28.7 Å². The van der Waals surface area contributed by atoms with Crippen LogP contribution >= 0.6 is 11.6 Å². The fraction of sp³-hybridized carbons (Fsp3) is 0.455. The first kappa shape index (κ1) is 16.3. The first-order valence-corrected chi connectivity index (χ1v) is 7.36. The third-order valence-electron chi connectivity index (χ3n) is 2.12. The minimum atomic E-state index is -4.40. The zero-order valence-corrected chi connectivity index (χ0v) is 11.4. The van der Waals surface area contributed by atoms with Gasteiger partial charge in [-0.1, -0.05) is 17.7 Å². The number of hydrogen-bond acceptors (Lipinski definition) is 3. The molecule has 0 aliphatic carbocycles. The Labute approximate surface area is 114 Å². The normalized spacial score (nSPS) is 12.6. The smallest absolute Gasteiger partial charge is 0.372 e. The lowest BCUT2D eigenvalue weighted by molar-refractivity contribution is -0.173. The van der Waals surface area contributed by atoms with Crippen molar-refractivity contribution in [3.63, 3.8) is 0 Å². The monoisotopic (exact) mass is 316 g/mol. The Morgan fingerprint density at radius 2 is 1.95 bits per heavy atom. The van der Waals surface area contributed by atoms with Crippen LogP contribution in [0.15, 0.2) is 29.2 Å². The van der Waals surface area contributed by atoms with Gasteiger partial charge in [-0.3, -0.25) is 0 Å². The molecule has 0 heterocycles. The molecule has 0 fully saturated rings. The molecule has 0 N–H and O–H groups in total. The molecule has 0 aliphatic rings. The lowest BCUT2D eigenvalue weighted by Gasteiger charge is -2.08. The van der Waals surface area contributed by atoms with E-state index in [0.717, 1.165) is 0 Å². The van der Waals surface area contributed by atoms with Crippen LogP contribution in [0.25, 0.3) is 0 Å². The van der Waals surface area contributed by atoms with Gasteiger partial charge in [-0.15, -0.1) is 0 Å². The molecule has 0 aromatic heterocycles. The summed E-state index contributed by atoms with van der Waals surface area (Å²) < 4.78 is 63.3. The molecule has 0 saturated carbocycles. The van der Waals surface area contributed by atoms with Crippen molar-refractivity contribution < 1.29 is 26.3 Å². The lowest BCUT2D eigenvalue weighted by Crippen LogP contribution is -2.18. The van der Waals surface area contributed by atoms with Gasteiger partial charge in [0, 0.05) is 11.6 Å². The predicted molar refractivity (Wildman–Crippen MR) is 65.0 cm³/mol. The highest BCUT2D eigenvalue weighted by Crippen LogP contribution is 2.18. The molecule has 19 heavy (non-hydrogen) atoms. The fourth-order valence-corrected chi connectivity index (χ4v) is 2.90. The van der Waals surface area contributed by atoms with Crippen molar-refractivity contribution in [2.45, 2.75) is 17.5 Å². The van der Waals surface area contributed by atoms with Crippen LogP contribution in [-0.4, -0.2) is 33.6 Å². The van der Waals surface area contributed by atoms with Crippen molar-refractivity contribution in [2.75, 3.05) is 19.0 Å². The molecular weight excluding hydrogens is 305 g/mol. The molecule has 0 unspecified atom stereocenters. The number of hydrogen-bond donors (Lipinski definition) is 0. The Balaban J connectivity index is 2.44. The highest BCUT2D eigenvalue weighted by atomic mass is 35.5. The topological polar surface area (TPSA) is 43.4 Å². The maximum Gasteiger partial charge on any atom is 0.411 e. The van der Waals surface area contributed by atoms with Gasteiger partial charge in [-0.2, -0.15) is 13.2 Å². The standard InChI is InChI=1S/C11H12ClF3O3S/c12-9-3-1-4-10(7-9)19(16,17)6-2-5-18-8-11(13,14)15/h1,3-4,7H,2,5-6,8H2. The SMILES string of the molecule is O=S(=O)(CCCOCC(F)(F)F)c1cccc(Cl)c1. The summed E-state index contributed by atoms with van der Waals surface area (Å²) in [6, 6.07) is 5.72. The van der Waals surface area contributed by atoms with E-state index in [1.165, 1.54) is 24.3 Å². The van der Waals surface area contributed by atoms with E-state index in [1.54, 1.807) is 0 Å². The van der Waals surface area contributed by atoms with Crippen LogP contribution in [0, 0.1) is 0 Å². The van der Waals surface area contributed by atoms with Crippen molar-refractivity contribution >= 4 is 21.4 Å². The highest BCUT2D eigenvalue weighted by Gasteiger charge is 2.27. The molecule has 3 nitrogen and oxygen atoms in total. The van der Waals surface area contributed by atoms with Crippen LogP contribution in [0.5, 0.6) is 0 Å². The van der Waals surface area contributed by atoms with E-state index in [1.807, 2.05) is 0 Å². The second-order valence-corrected chi connectivity index (χ2v) is 6.34. The van der Waals surface area contributed by atoms with E-state index in [2.05, 4.69) is 4.74 Å². The van der Waals surface area contributed by atoms with Gasteiger partial charge >= 0.3 is 6.18 Å². The third kappa shape index (κ3) is 6.26. The van der Waals surface area contributed by atoms with Crippen LogP contribution in [-0.2, 0) is 14.6 Å². The zero-order valence-electron chi connectivity index (χ0n) is 9.78. The van der Waals surface area contributed by atoms with Gasteiger partial charge in [0.25, 0.3) is 0 Å². The summed E-state index contributed by atoms with van der Waals surface area (Å²) in [7, 11) is -3.54. The van der Waals surface area contributed by atoms with Crippen molar-refractivity contribution in [3.05, 3.63) is 29.3 Å². The molecule has 0 spiro atoms. The van der Waals surface area contributed by atoms with Gasteiger partial charge in [0.1, 0.15) is 6.61 Å². The summed E-state index contributed by atoms with van der Waals surface area (Å²) in [6.45, 7) is -1.64. The molecule has 1 aromatic carbocycles. The number of rotatable bonds is 6. The maximum absolute atomic E-state index is 11.8. The summed E-state index contributed by atoms with van der Waals surface area (Å²) in [6.07, 6.45) is -4.41. The Morgan fingerprint density at radius 1 is 1.26 bits per heavy atom. The Bertz CT molecular complexity index is 514.